The molecule has 0 spiro atoms. The first kappa shape index (κ1) is 22.0. The lowest BCUT2D eigenvalue weighted by molar-refractivity contribution is -0.132. The Morgan fingerprint density at radius 2 is 2.07 bits per heavy atom. The molecule has 160 valence electrons. The third-order valence-corrected chi connectivity index (χ3v) is 5.55. The second-order valence-electron chi connectivity index (χ2n) is 6.70. The fourth-order valence-corrected chi connectivity index (χ4v) is 3.90. The molecule has 1 atom stereocenters. The highest BCUT2D eigenvalue weighted by Crippen LogP contribution is 2.22. The molecule has 0 saturated carbocycles. The number of ether oxygens (including phenoxy) is 1. The third kappa shape index (κ3) is 5.25. The highest BCUT2D eigenvalue weighted by Gasteiger charge is 2.23. The van der Waals surface area contributed by atoms with Gasteiger partial charge in [0.2, 0.25) is 5.91 Å². The van der Waals surface area contributed by atoms with Gasteiger partial charge in [-0.05, 0) is 19.1 Å². The number of nitrogens with zero attached hydrogens (tertiary/aromatic N) is 4. The highest BCUT2D eigenvalue weighted by atomic mass is 32.2. The van der Waals surface area contributed by atoms with E-state index in [9.17, 15) is 14.0 Å². The number of aromatic nitrogens is 3. The fraction of sp³-hybridized carbons (Fsp3) is 0.400. The van der Waals surface area contributed by atoms with E-state index in [0.29, 0.717) is 43.8 Å². The predicted octanol–water partition coefficient (Wildman–Crippen LogP) is 2.05. The van der Waals surface area contributed by atoms with E-state index in [1.165, 1.54) is 30.0 Å². The predicted molar refractivity (Wildman–Crippen MR) is 111 cm³/mol. The Bertz CT molecular complexity index is 914. The fourth-order valence-electron chi connectivity index (χ4n) is 3.04. The van der Waals surface area contributed by atoms with Crippen molar-refractivity contribution in [1.82, 2.24) is 25.0 Å². The van der Waals surface area contributed by atoms with E-state index < -0.39 is 17.8 Å². The molecule has 0 aliphatic carbocycles. The monoisotopic (exact) mass is 433 g/mol. The Kier molecular flexibility index (Phi) is 7.58. The second-order valence-corrected chi connectivity index (χ2v) is 7.64. The number of benzene rings is 1. The van der Waals surface area contributed by atoms with Crippen molar-refractivity contribution < 1.29 is 18.7 Å². The Morgan fingerprint density at radius 1 is 1.33 bits per heavy atom. The van der Waals surface area contributed by atoms with Crippen molar-refractivity contribution in [3.8, 4) is 0 Å². The zero-order chi connectivity index (χ0) is 21.5. The zero-order valence-electron chi connectivity index (χ0n) is 16.7. The van der Waals surface area contributed by atoms with Gasteiger partial charge >= 0.3 is 0 Å². The molecule has 0 radical (unpaired) electrons. The minimum absolute atomic E-state index is 0.0129. The smallest absolute Gasteiger partial charge is 0.254 e. The van der Waals surface area contributed by atoms with Crippen molar-refractivity contribution in [3.63, 3.8) is 0 Å². The van der Waals surface area contributed by atoms with Crippen LogP contribution in [0.1, 0.15) is 29.1 Å². The first-order chi connectivity index (χ1) is 14.5. The summed E-state index contributed by atoms with van der Waals surface area (Å²) < 4.78 is 20.9. The normalized spacial score (nSPS) is 14.9. The van der Waals surface area contributed by atoms with Crippen LogP contribution in [0.4, 0.5) is 4.39 Å². The molecule has 30 heavy (non-hydrogen) atoms. The molecule has 0 bridgehead atoms. The molecule has 0 unspecified atom stereocenters. The third-order valence-electron chi connectivity index (χ3n) is 4.60. The van der Waals surface area contributed by atoms with Crippen molar-refractivity contribution >= 4 is 23.6 Å². The first-order valence-electron chi connectivity index (χ1n) is 9.59. The van der Waals surface area contributed by atoms with Gasteiger partial charge in [-0.2, -0.15) is 0 Å². The van der Waals surface area contributed by atoms with Crippen molar-refractivity contribution in [2.45, 2.75) is 24.7 Å². The van der Waals surface area contributed by atoms with Gasteiger partial charge in [-0.15, -0.1) is 16.8 Å². The van der Waals surface area contributed by atoms with Crippen molar-refractivity contribution in [1.29, 1.82) is 0 Å². The quantitative estimate of drug-likeness (QED) is 0.506. The van der Waals surface area contributed by atoms with Gasteiger partial charge < -0.3 is 19.5 Å². The number of nitrogens with one attached hydrogen (secondary N) is 1. The van der Waals surface area contributed by atoms with E-state index in [0.717, 1.165) is 0 Å². The van der Waals surface area contributed by atoms with E-state index in [2.05, 4.69) is 22.1 Å². The zero-order valence-corrected chi connectivity index (χ0v) is 17.5. The van der Waals surface area contributed by atoms with E-state index in [1.54, 1.807) is 28.5 Å². The number of thioether (sulfide) groups is 1. The molecule has 10 heteroatoms. The van der Waals surface area contributed by atoms with Crippen LogP contribution in [0.15, 0.2) is 42.1 Å². The van der Waals surface area contributed by atoms with Gasteiger partial charge in [0.1, 0.15) is 5.82 Å². The Balaban J connectivity index is 1.68. The van der Waals surface area contributed by atoms with Gasteiger partial charge in [0, 0.05) is 19.6 Å². The topological polar surface area (TPSA) is 89.3 Å². The Morgan fingerprint density at radius 3 is 2.77 bits per heavy atom. The van der Waals surface area contributed by atoms with Gasteiger partial charge in [0.15, 0.2) is 11.0 Å². The summed E-state index contributed by atoms with van der Waals surface area (Å²) in [5, 5.41) is 11.7. The maximum Gasteiger partial charge on any atom is 0.254 e. The summed E-state index contributed by atoms with van der Waals surface area (Å²) >= 11 is 1.28. The summed E-state index contributed by atoms with van der Waals surface area (Å²) in [5.41, 5.74) is -0.0372. The van der Waals surface area contributed by atoms with Crippen LogP contribution in [-0.2, 0) is 16.1 Å². The minimum Gasteiger partial charge on any atom is -0.378 e. The summed E-state index contributed by atoms with van der Waals surface area (Å²) in [7, 11) is 0. The van der Waals surface area contributed by atoms with Crippen LogP contribution < -0.4 is 5.32 Å². The maximum absolute atomic E-state index is 13.9. The number of rotatable bonds is 8. The Hall–Kier alpha value is -2.72. The van der Waals surface area contributed by atoms with Gasteiger partial charge in [0.25, 0.3) is 5.91 Å². The number of morpholine rings is 1. The van der Waals surface area contributed by atoms with Crippen molar-refractivity contribution in [3.05, 3.63) is 54.1 Å². The highest BCUT2D eigenvalue weighted by molar-refractivity contribution is 7.99. The molecule has 1 aliphatic heterocycles. The molecule has 3 rings (SSSR count). The van der Waals surface area contributed by atoms with Crippen LogP contribution in [0.25, 0.3) is 0 Å². The largest absolute Gasteiger partial charge is 0.378 e. The standard InChI is InChI=1S/C20H24FN5O3S/c1-3-8-26-18(14(2)22-19(28)15-6-4-5-7-16(15)21)23-24-20(26)30-13-17(27)25-9-11-29-12-10-25/h3-7,14H,1,8-13H2,2H3,(H,22,28)/t14-/m0/s1. The number of allylic oxidation sites excluding steroid dienone is 1. The molecule has 2 aromatic rings. The number of hydrogen-bond acceptors (Lipinski definition) is 6. The summed E-state index contributed by atoms with van der Waals surface area (Å²) in [6.45, 7) is 8.18. The number of halogens is 1. The molecule has 1 aromatic carbocycles. The molecule has 1 aromatic heterocycles. The van der Waals surface area contributed by atoms with E-state index in [1.807, 2.05) is 0 Å². The average molecular weight is 434 g/mol. The molecule has 2 heterocycles. The molecule has 1 saturated heterocycles. The van der Waals surface area contributed by atoms with Crippen LogP contribution in [0, 0.1) is 5.82 Å². The first-order valence-corrected chi connectivity index (χ1v) is 10.6. The van der Waals surface area contributed by atoms with Gasteiger partial charge in [0.05, 0.1) is 30.6 Å². The van der Waals surface area contributed by atoms with Crippen LogP contribution >= 0.6 is 11.8 Å². The molecule has 2 amide bonds. The molecular weight excluding hydrogens is 409 g/mol. The molecular formula is C20H24FN5O3S. The summed E-state index contributed by atoms with van der Waals surface area (Å²) in [5.74, 6) is -0.386. The second kappa shape index (κ2) is 10.4. The number of amides is 2. The summed E-state index contributed by atoms with van der Waals surface area (Å²) in [6, 6.07) is 5.26. The minimum atomic E-state index is -0.590. The van der Waals surface area contributed by atoms with Crippen molar-refractivity contribution in [2.75, 3.05) is 32.1 Å². The summed E-state index contributed by atoms with van der Waals surface area (Å²) in [6.07, 6.45) is 1.69. The maximum atomic E-state index is 13.9. The van der Waals surface area contributed by atoms with Crippen LogP contribution in [0.2, 0.25) is 0 Å². The lowest BCUT2D eigenvalue weighted by Crippen LogP contribution is -2.41. The van der Waals surface area contributed by atoms with E-state index in [-0.39, 0.29) is 17.2 Å². The molecule has 1 fully saturated rings. The lowest BCUT2D eigenvalue weighted by atomic mass is 10.2. The SMILES string of the molecule is C=CCn1c(SCC(=O)N2CCOCC2)nnc1[C@H](C)NC(=O)c1ccccc1F. The summed E-state index contributed by atoms with van der Waals surface area (Å²) in [4.78, 5) is 26.6. The molecule has 1 aliphatic rings. The number of carbonyl (C=O) groups is 2. The molecule has 8 nitrogen and oxygen atoms in total. The lowest BCUT2D eigenvalue weighted by Gasteiger charge is -2.26. The van der Waals surface area contributed by atoms with Crippen molar-refractivity contribution in [2.24, 2.45) is 0 Å². The van der Waals surface area contributed by atoms with Crippen LogP contribution in [0.3, 0.4) is 0 Å². The number of hydrogen-bond donors (Lipinski definition) is 1. The van der Waals surface area contributed by atoms with Gasteiger partial charge in [-0.1, -0.05) is 30.0 Å². The van der Waals surface area contributed by atoms with E-state index >= 15 is 0 Å². The average Bonchev–Trinajstić information content (AvgIpc) is 3.16. The molecule has 1 N–H and O–H groups in total. The van der Waals surface area contributed by atoms with Gasteiger partial charge in [-0.25, -0.2) is 4.39 Å². The Labute approximate surface area is 178 Å². The van der Waals surface area contributed by atoms with Crippen LogP contribution in [-0.4, -0.2) is 63.5 Å². The number of carbonyl (C=O) groups excluding carboxylic acids is 2. The van der Waals surface area contributed by atoms with Gasteiger partial charge in [-0.3, -0.25) is 9.59 Å². The van der Waals surface area contributed by atoms with E-state index in [4.69, 9.17) is 4.74 Å². The van der Waals surface area contributed by atoms with Crippen LogP contribution in [0.5, 0.6) is 0 Å².